The number of hydrogen-bond acceptors (Lipinski definition) is 4. The summed E-state index contributed by atoms with van der Waals surface area (Å²) >= 11 is 0. The lowest BCUT2D eigenvalue weighted by atomic mass is 9.98. The van der Waals surface area contributed by atoms with Gasteiger partial charge in [0, 0.05) is 35.7 Å². The molecular weight excluding hydrogens is 548 g/mol. The molecule has 0 saturated carbocycles. The molecule has 0 fully saturated rings. The molecule has 2 unspecified atom stereocenters. The number of nitrogens with one attached hydrogen (secondary N) is 2. The van der Waals surface area contributed by atoms with Gasteiger partial charge in [-0.05, 0) is 46.9 Å². The van der Waals surface area contributed by atoms with Gasteiger partial charge in [-0.3, -0.25) is 9.59 Å². The molecule has 6 heteroatoms. The van der Waals surface area contributed by atoms with Crippen molar-refractivity contribution in [3.05, 3.63) is 125 Å². The van der Waals surface area contributed by atoms with Crippen LogP contribution in [0.5, 0.6) is 0 Å². The maximum absolute atomic E-state index is 13.1. The second-order valence-corrected chi connectivity index (χ2v) is 11.3. The number of carbonyl (C=O) groups excluding carboxylic acids is 2. The number of amides is 1. The topological polar surface area (TPSA) is 95.5 Å². The molecule has 0 aliphatic rings. The minimum absolute atomic E-state index is 0.00420. The summed E-state index contributed by atoms with van der Waals surface area (Å²) in [4.78, 5) is 37.9. The highest BCUT2D eigenvalue weighted by molar-refractivity contribution is 6.12. The molecule has 0 heterocycles. The Balaban J connectivity index is 1.38. The first-order valence-corrected chi connectivity index (χ1v) is 15.5. The summed E-state index contributed by atoms with van der Waals surface area (Å²) in [7, 11) is 0. The zero-order chi connectivity index (χ0) is 31.3. The van der Waals surface area contributed by atoms with Crippen LogP contribution in [0.4, 0.5) is 5.69 Å². The lowest BCUT2D eigenvalue weighted by Gasteiger charge is -2.18. The first-order chi connectivity index (χ1) is 21.4. The van der Waals surface area contributed by atoms with Gasteiger partial charge in [0.1, 0.15) is 6.04 Å². The van der Waals surface area contributed by atoms with Crippen molar-refractivity contribution in [1.29, 1.82) is 0 Å². The fourth-order valence-corrected chi connectivity index (χ4v) is 5.24. The van der Waals surface area contributed by atoms with Crippen molar-refractivity contribution in [3.63, 3.8) is 0 Å². The molecule has 2 atom stereocenters. The highest BCUT2D eigenvalue weighted by Crippen LogP contribution is 2.24. The Labute approximate surface area is 260 Å². The lowest BCUT2D eigenvalue weighted by molar-refractivity contribution is -0.137. The van der Waals surface area contributed by atoms with Crippen molar-refractivity contribution in [1.82, 2.24) is 5.32 Å². The monoisotopic (exact) mass is 590 g/mol. The summed E-state index contributed by atoms with van der Waals surface area (Å²) in [6.45, 7) is 4.65. The van der Waals surface area contributed by atoms with Crippen LogP contribution in [0.3, 0.4) is 0 Å². The molecule has 0 aromatic heterocycles. The van der Waals surface area contributed by atoms with Gasteiger partial charge in [0.2, 0.25) is 5.91 Å². The smallest absolute Gasteiger partial charge is 0.326 e. The van der Waals surface area contributed by atoms with E-state index >= 15 is 0 Å². The Bertz CT molecular complexity index is 1530. The summed E-state index contributed by atoms with van der Waals surface area (Å²) in [6, 6.07) is 31.0. The fourth-order valence-electron chi connectivity index (χ4n) is 5.24. The second-order valence-electron chi connectivity index (χ2n) is 11.3. The largest absolute Gasteiger partial charge is 0.480 e. The molecule has 6 nitrogen and oxygen atoms in total. The molecule has 4 aromatic rings. The molecule has 0 saturated heterocycles. The maximum Gasteiger partial charge on any atom is 0.326 e. The van der Waals surface area contributed by atoms with Crippen molar-refractivity contribution >= 4 is 23.3 Å². The second kappa shape index (κ2) is 16.2. The Hall–Kier alpha value is -4.71. The molecule has 4 aromatic carbocycles. The van der Waals surface area contributed by atoms with E-state index < -0.39 is 12.0 Å². The van der Waals surface area contributed by atoms with E-state index in [1.807, 2.05) is 55.5 Å². The zero-order valence-electron chi connectivity index (χ0n) is 25.6. The van der Waals surface area contributed by atoms with E-state index in [1.165, 1.54) is 19.3 Å². The number of anilines is 1. The normalized spacial score (nSPS) is 12.2. The van der Waals surface area contributed by atoms with E-state index in [4.69, 9.17) is 0 Å². The van der Waals surface area contributed by atoms with E-state index in [2.05, 4.69) is 23.6 Å². The van der Waals surface area contributed by atoms with Crippen molar-refractivity contribution in [2.24, 2.45) is 5.92 Å². The number of para-hydroxylation sites is 1. The molecule has 44 heavy (non-hydrogen) atoms. The van der Waals surface area contributed by atoms with E-state index in [1.54, 1.807) is 48.5 Å². The summed E-state index contributed by atoms with van der Waals surface area (Å²) in [5.41, 5.74) is 5.37. The molecule has 3 N–H and O–H groups in total. The van der Waals surface area contributed by atoms with Crippen LogP contribution >= 0.6 is 0 Å². The van der Waals surface area contributed by atoms with Crippen molar-refractivity contribution < 1.29 is 19.5 Å². The third-order valence-electron chi connectivity index (χ3n) is 7.89. The Kier molecular flexibility index (Phi) is 11.9. The number of carboxylic acids is 1. The minimum atomic E-state index is -0.999. The van der Waals surface area contributed by atoms with Gasteiger partial charge in [-0.15, -0.1) is 0 Å². The van der Waals surface area contributed by atoms with Gasteiger partial charge in [-0.2, -0.15) is 0 Å². The van der Waals surface area contributed by atoms with Crippen LogP contribution < -0.4 is 10.6 Å². The van der Waals surface area contributed by atoms with Crippen LogP contribution in [0.1, 0.15) is 73.0 Å². The summed E-state index contributed by atoms with van der Waals surface area (Å²) in [5.74, 6) is -1.07. The SMILES string of the molecule is CCCCCCC(C)C(=O)NCc1cccc(-c2ccc(CC(Nc3ccccc3C(=O)c3ccccc3)C(=O)O)cc2)c1. The Morgan fingerprint density at radius 1 is 0.750 bits per heavy atom. The van der Waals surface area contributed by atoms with Crippen molar-refractivity contribution in [2.45, 2.75) is 65.0 Å². The van der Waals surface area contributed by atoms with Gasteiger partial charge in [-0.25, -0.2) is 4.79 Å². The maximum atomic E-state index is 13.1. The number of carbonyl (C=O) groups is 3. The van der Waals surface area contributed by atoms with Gasteiger partial charge in [0.15, 0.2) is 5.78 Å². The molecule has 1 amide bonds. The number of rotatable bonds is 16. The van der Waals surface area contributed by atoms with Gasteiger partial charge < -0.3 is 15.7 Å². The van der Waals surface area contributed by atoms with Crippen LogP contribution in [0.2, 0.25) is 0 Å². The molecule has 0 spiro atoms. The molecule has 0 aliphatic heterocycles. The lowest BCUT2D eigenvalue weighted by Crippen LogP contribution is -2.32. The molecule has 0 aliphatic carbocycles. The molecule has 0 radical (unpaired) electrons. The van der Waals surface area contributed by atoms with Crippen LogP contribution in [0.15, 0.2) is 103 Å². The molecule has 0 bridgehead atoms. The average Bonchev–Trinajstić information content (AvgIpc) is 3.06. The highest BCUT2D eigenvalue weighted by Gasteiger charge is 2.21. The number of unbranched alkanes of at least 4 members (excludes halogenated alkanes) is 3. The molecular formula is C38H42N2O4. The Morgan fingerprint density at radius 2 is 1.48 bits per heavy atom. The van der Waals surface area contributed by atoms with Crippen LogP contribution in [0.25, 0.3) is 11.1 Å². The van der Waals surface area contributed by atoms with Gasteiger partial charge in [0.05, 0.1) is 0 Å². The summed E-state index contributed by atoms with van der Waals surface area (Å²) in [5, 5.41) is 16.2. The van der Waals surface area contributed by atoms with Crippen LogP contribution in [0, 0.1) is 5.92 Å². The minimum Gasteiger partial charge on any atom is -0.480 e. The van der Waals surface area contributed by atoms with Crippen LogP contribution in [-0.2, 0) is 22.6 Å². The summed E-state index contributed by atoms with van der Waals surface area (Å²) < 4.78 is 0. The number of ketones is 1. The Morgan fingerprint density at radius 3 is 2.20 bits per heavy atom. The van der Waals surface area contributed by atoms with Crippen molar-refractivity contribution in [3.8, 4) is 11.1 Å². The quantitative estimate of drug-likeness (QED) is 0.0910. The standard InChI is InChI=1S/C38H42N2O4/c1-3-4-5-7-13-27(2)37(42)39-26-29-14-12-17-32(24-29)30-22-20-28(21-23-30)25-35(38(43)44)40-34-19-11-10-18-33(34)36(41)31-15-8-6-9-16-31/h6,8-12,14-24,27,35,40H,3-5,7,13,25-26H2,1-2H3,(H,39,42)(H,43,44). The third-order valence-corrected chi connectivity index (χ3v) is 7.89. The van der Waals surface area contributed by atoms with E-state index in [0.29, 0.717) is 23.4 Å². The number of benzene rings is 4. The predicted octanol–water partition coefficient (Wildman–Crippen LogP) is 7.92. The predicted molar refractivity (Wildman–Crippen MR) is 177 cm³/mol. The van der Waals surface area contributed by atoms with Gasteiger partial charge >= 0.3 is 5.97 Å². The average molecular weight is 591 g/mol. The zero-order valence-corrected chi connectivity index (χ0v) is 25.6. The first-order valence-electron chi connectivity index (χ1n) is 15.5. The molecule has 4 rings (SSSR count). The van der Waals surface area contributed by atoms with Crippen LogP contribution in [-0.4, -0.2) is 28.8 Å². The summed E-state index contributed by atoms with van der Waals surface area (Å²) in [6.07, 6.45) is 5.81. The third kappa shape index (κ3) is 9.14. The number of aliphatic carboxylic acids is 1. The fraction of sp³-hybridized carbons (Fsp3) is 0.289. The first kappa shape index (κ1) is 32.2. The number of carboxylic acid groups (broad SMARTS) is 1. The molecule has 228 valence electrons. The number of hydrogen-bond donors (Lipinski definition) is 3. The van der Waals surface area contributed by atoms with Gasteiger partial charge in [-0.1, -0.05) is 124 Å². The van der Waals surface area contributed by atoms with E-state index in [9.17, 15) is 19.5 Å². The highest BCUT2D eigenvalue weighted by atomic mass is 16.4. The van der Waals surface area contributed by atoms with Gasteiger partial charge in [0.25, 0.3) is 0 Å². The van der Waals surface area contributed by atoms with Crippen molar-refractivity contribution in [2.75, 3.05) is 5.32 Å². The van der Waals surface area contributed by atoms with E-state index in [-0.39, 0.29) is 24.0 Å². The van der Waals surface area contributed by atoms with E-state index in [0.717, 1.165) is 35.1 Å².